The van der Waals surface area contributed by atoms with Crippen LogP contribution in [0.3, 0.4) is 0 Å². The molecule has 6 bridgehead atoms. The summed E-state index contributed by atoms with van der Waals surface area (Å²) in [4.78, 5) is 2.47. The fourth-order valence-corrected chi connectivity index (χ4v) is 8.11. The summed E-state index contributed by atoms with van der Waals surface area (Å²) >= 11 is 0. The highest BCUT2D eigenvalue weighted by molar-refractivity contribution is 5.62. The zero-order valence-electron chi connectivity index (χ0n) is 28.0. The molecule has 1 aromatic carbocycles. The van der Waals surface area contributed by atoms with Crippen LogP contribution in [0.5, 0.6) is 17.2 Å². The Morgan fingerprint density at radius 2 is 1.61 bits per heavy atom. The number of nitrogens with one attached hydrogen (secondary N) is 1. The monoisotopic (exact) mass is 628 g/mol. The fourth-order valence-electron chi connectivity index (χ4n) is 8.11. The lowest BCUT2D eigenvalue weighted by Crippen LogP contribution is -2.41. The molecule has 0 fully saturated rings. The molecular formula is C38H48N2O6. The summed E-state index contributed by atoms with van der Waals surface area (Å²) in [6.45, 7) is 2.46. The van der Waals surface area contributed by atoms with E-state index in [0.717, 1.165) is 99.7 Å². The number of ether oxygens (including phenoxy) is 6. The minimum Gasteiger partial charge on any atom is -0.493 e. The van der Waals surface area contributed by atoms with Crippen molar-refractivity contribution < 1.29 is 28.4 Å². The van der Waals surface area contributed by atoms with Crippen molar-refractivity contribution in [1.29, 1.82) is 0 Å². The Bertz CT molecular complexity index is 1560. The molecule has 6 aliphatic heterocycles. The zero-order chi connectivity index (χ0) is 31.8. The first-order chi connectivity index (χ1) is 22.5. The van der Waals surface area contributed by atoms with Crippen molar-refractivity contribution in [2.75, 3.05) is 55.2 Å². The van der Waals surface area contributed by atoms with Gasteiger partial charge in [0.25, 0.3) is 0 Å². The lowest BCUT2D eigenvalue weighted by atomic mass is 9.81. The minimum atomic E-state index is -0.135. The maximum Gasteiger partial charge on any atom is 0.204 e. The molecule has 0 aromatic heterocycles. The van der Waals surface area contributed by atoms with E-state index in [9.17, 15) is 0 Å². The van der Waals surface area contributed by atoms with Crippen LogP contribution in [0.2, 0.25) is 0 Å². The largest absolute Gasteiger partial charge is 0.493 e. The third-order valence-corrected chi connectivity index (χ3v) is 10.7. The van der Waals surface area contributed by atoms with Crippen LogP contribution in [-0.2, 0) is 20.6 Å². The van der Waals surface area contributed by atoms with E-state index in [-0.39, 0.29) is 18.2 Å². The number of likely N-dealkylation sites (N-methyl/N-ethyl adjacent to an activating group) is 1. The van der Waals surface area contributed by atoms with Gasteiger partial charge in [-0.25, -0.2) is 0 Å². The number of hydrogen-bond donors (Lipinski definition) is 1. The second-order valence-corrected chi connectivity index (χ2v) is 13.3. The second kappa shape index (κ2) is 13.3. The first-order valence-corrected chi connectivity index (χ1v) is 16.8. The lowest BCUT2D eigenvalue weighted by Gasteiger charge is -2.38. The Morgan fingerprint density at radius 1 is 0.826 bits per heavy atom. The predicted octanol–water partition coefficient (Wildman–Crippen LogP) is 6.61. The van der Waals surface area contributed by atoms with Gasteiger partial charge in [0, 0.05) is 49.7 Å². The second-order valence-electron chi connectivity index (χ2n) is 13.3. The Kier molecular flexibility index (Phi) is 9.03. The van der Waals surface area contributed by atoms with Crippen LogP contribution in [0, 0.1) is 0 Å². The van der Waals surface area contributed by atoms with E-state index in [4.69, 9.17) is 28.4 Å². The molecule has 0 saturated carbocycles. The smallest absolute Gasteiger partial charge is 0.204 e. The number of hydrogen-bond acceptors (Lipinski definition) is 8. The van der Waals surface area contributed by atoms with Gasteiger partial charge in [0.1, 0.15) is 18.5 Å². The normalized spacial score (nSPS) is 26.6. The van der Waals surface area contributed by atoms with Gasteiger partial charge >= 0.3 is 0 Å². The van der Waals surface area contributed by atoms with E-state index in [1.54, 1.807) is 28.4 Å². The van der Waals surface area contributed by atoms with E-state index >= 15 is 0 Å². The summed E-state index contributed by atoms with van der Waals surface area (Å²) in [5, 5.41) is 3.80. The molecule has 8 heteroatoms. The molecular weight excluding hydrogens is 580 g/mol. The van der Waals surface area contributed by atoms with E-state index in [0.29, 0.717) is 12.4 Å². The van der Waals surface area contributed by atoms with Gasteiger partial charge in [0.05, 0.1) is 21.3 Å². The van der Waals surface area contributed by atoms with Crippen LogP contribution < -0.4 is 19.5 Å². The van der Waals surface area contributed by atoms with Gasteiger partial charge in [-0.2, -0.15) is 0 Å². The van der Waals surface area contributed by atoms with Crippen LogP contribution in [0.1, 0.15) is 68.5 Å². The fraction of sp³-hybridized carbons (Fsp3) is 0.526. The molecule has 8 nitrogen and oxygen atoms in total. The summed E-state index contributed by atoms with van der Waals surface area (Å²) < 4.78 is 37.5. The average Bonchev–Trinajstić information content (AvgIpc) is 3.08. The van der Waals surface area contributed by atoms with Crippen LogP contribution in [0.25, 0.3) is 0 Å². The van der Waals surface area contributed by atoms with E-state index in [2.05, 4.69) is 47.6 Å². The maximum atomic E-state index is 6.88. The molecule has 0 amide bonds. The molecule has 0 radical (unpaired) electrons. The molecule has 0 spiro atoms. The molecule has 10 rings (SSSR count). The third-order valence-electron chi connectivity index (χ3n) is 10.7. The molecule has 1 aromatic rings. The van der Waals surface area contributed by atoms with Gasteiger partial charge in [-0.3, -0.25) is 4.90 Å². The highest BCUT2D eigenvalue weighted by Gasteiger charge is 2.38. The zero-order valence-corrected chi connectivity index (χ0v) is 28.0. The lowest BCUT2D eigenvalue weighted by molar-refractivity contribution is 0.0513. The summed E-state index contributed by atoms with van der Waals surface area (Å²) in [6, 6.07) is 2.49. The van der Waals surface area contributed by atoms with Crippen LogP contribution >= 0.6 is 0 Å². The Balaban J connectivity index is 1.33. The van der Waals surface area contributed by atoms with Crippen molar-refractivity contribution >= 4 is 0 Å². The molecule has 46 heavy (non-hydrogen) atoms. The Morgan fingerprint density at radius 3 is 2.33 bits per heavy atom. The minimum absolute atomic E-state index is 0.135. The number of benzene rings is 1. The van der Waals surface area contributed by atoms with Crippen molar-refractivity contribution in [3.63, 3.8) is 0 Å². The standard InChI is InChI=1S/C38H48N2O6/c1-40-17-15-27-21-31(41-2)35(43-4)38-34(27)30(40)19-24-6-8-25(9-7-24)22-45-36-32(42-3)20-26-14-16-39-29(33(26)37(36)44-5)18-23-10-12-28(46-38)13-11-23/h6,8,10,12,21,29-30,32,39H,7,9,11,13-20,22H2,1-5H3/t29?,30-,32?/m1/s1. The van der Waals surface area contributed by atoms with Crippen LogP contribution in [0.15, 0.2) is 75.5 Å². The highest BCUT2D eigenvalue weighted by atomic mass is 16.5. The SMILES string of the molecule is COC1=C2OCC3=CC=C(CC3)C[C@@H]3c4c(cc(OC)c(OC)c4OC4=CC=C(CC4)CC4NCCC(=C14)CC2OC)CCN3C. The molecule has 246 valence electrons. The van der Waals surface area contributed by atoms with Gasteiger partial charge in [0.2, 0.25) is 5.75 Å². The van der Waals surface area contributed by atoms with Gasteiger partial charge in [-0.1, -0.05) is 34.9 Å². The molecule has 0 saturated heterocycles. The quantitative estimate of drug-likeness (QED) is 0.400. The van der Waals surface area contributed by atoms with Gasteiger partial charge < -0.3 is 33.7 Å². The van der Waals surface area contributed by atoms with E-state index in [1.165, 1.54) is 39.0 Å². The van der Waals surface area contributed by atoms with Gasteiger partial charge in [-0.05, 0) is 81.8 Å². The summed E-state index contributed by atoms with van der Waals surface area (Å²) in [5.41, 5.74) is 9.28. The first-order valence-electron chi connectivity index (χ1n) is 16.8. The highest BCUT2D eigenvalue weighted by Crippen LogP contribution is 2.50. The Hall–Kier alpha value is -3.46. The van der Waals surface area contributed by atoms with Crippen molar-refractivity contribution in [3.8, 4) is 17.2 Å². The van der Waals surface area contributed by atoms with Gasteiger partial charge in [0.15, 0.2) is 23.0 Å². The molecule has 3 aliphatic carbocycles. The molecule has 1 N–H and O–H groups in total. The van der Waals surface area contributed by atoms with E-state index in [1.807, 2.05) is 0 Å². The van der Waals surface area contributed by atoms with Crippen molar-refractivity contribution in [1.82, 2.24) is 10.2 Å². The molecule has 3 atom stereocenters. The maximum absolute atomic E-state index is 6.88. The average molecular weight is 629 g/mol. The summed E-state index contributed by atoms with van der Waals surface area (Å²) in [6.07, 6.45) is 17.2. The topological polar surface area (TPSA) is 70.7 Å². The number of rotatable bonds is 4. The van der Waals surface area contributed by atoms with Crippen LogP contribution in [-0.4, -0.2) is 72.2 Å². The number of nitrogens with zero attached hydrogens (tertiary/aromatic N) is 1. The van der Waals surface area contributed by atoms with Crippen molar-refractivity contribution in [2.45, 2.75) is 76.0 Å². The Labute approximate surface area is 273 Å². The molecule has 6 heterocycles. The van der Waals surface area contributed by atoms with Gasteiger partial charge in [-0.15, -0.1) is 0 Å². The first kappa shape index (κ1) is 31.2. The summed E-state index contributed by atoms with van der Waals surface area (Å²) in [7, 11) is 9.19. The van der Waals surface area contributed by atoms with Crippen LogP contribution in [0.4, 0.5) is 0 Å². The molecule has 2 unspecified atom stereocenters. The number of methoxy groups -OCH3 is 4. The van der Waals surface area contributed by atoms with E-state index < -0.39 is 0 Å². The number of allylic oxidation sites excluding steroid dienone is 5. The van der Waals surface area contributed by atoms with Crippen molar-refractivity contribution in [2.24, 2.45) is 0 Å². The summed E-state index contributed by atoms with van der Waals surface area (Å²) in [5.74, 6) is 4.82. The predicted molar refractivity (Wildman–Crippen MR) is 178 cm³/mol. The third kappa shape index (κ3) is 5.80. The molecule has 9 aliphatic rings. The van der Waals surface area contributed by atoms with Crippen molar-refractivity contribution in [3.05, 3.63) is 86.6 Å².